The molecular weight excluding hydrogens is 460 g/mol. The molecule has 0 saturated heterocycles. The van der Waals surface area contributed by atoms with Crippen LogP contribution in [0.15, 0.2) is 84.1 Å². The Bertz CT molecular complexity index is 1340. The molecule has 0 atom stereocenters. The largest absolute Gasteiger partial charge is 0.325 e. The van der Waals surface area contributed by atoms with E-state index in [0.717, 1.165) is 11.3 Å². The first-order chi connectivity index (χ1) is 15.9. The number of aromatic nitrogens is 2. The van der Waals surface area contributed by atoms with Gasteiger partial charge in [-0.25, -0.2) is 4.98 Å². The molecule has 0 fully saturated rings. The number of non-ortho nitro benzene ring substituents is 1. The highest BCUT2D eigenvalue weighted by atomic mass is 35.5. The van der Waals surface area contributed by atoms with Gasteiger partial charge in [0.05, 0.1) is 28.3 Å². The predicted octanol–water partition coefficient (Wildman–Crippen LogP) is 6.14. The van der Waals surface area contributed by atoms with E-state index < -0.39 is 4.92 Å². The van der Waals surface area contributed by atoms with E-state index >= 15 is 0 Å². The Hall–Kier alpha value is -3.62. The zero-order valence-corrected chi connectivity index (χ0v) is 19.1. The molecule has 0 aliphatic carbocycles. The Labute approximate surface area is 199 Å². The molecule has 0 bridgehead atoms. The lowest BCUT2D eigenvalue weighted by molar-refractivity contribution is -0.384. The number of rotatable bonds is 7. The molecule has 0 saturated carbocycles. The van der Waals surface area contributed by atoms with Gasteiger partial charge in [0.15, 0.2) is 5.16 Å². The summed E-state index contributed by atoms with van der Waals surface area (Å²) in [4.78, 5) is 27.9. The molecule has 7 nitrogen and oxygen atoms in total. The van der Waals surface area contributed by atoms with Gasteiger partial charge in [-0.3, -0.25) is 19.5 Å². The van der Waals surface area contributed by atoms with E-state index in [1.165, 1.54) is 23.9 Å². The Morgan fingerprint density at radius 1 is 1.12 bits per heavy atom. The number of para-hydroxylation sites is 1. The number of thioether (sulfide) groups is 1. The maximum absolute atomic E-state index is 12.5. The van der Waals surface area contributed by atoms with E-state index in [0.29, 0.717) is 27.1 Å². The van der Waals surface area contributed by atoms with Gasteiger partial charge in [-0.05, 0) is 36.8 Å². The lowest BCUT2D eigenvalue weighted by Crippen LogP contribution is -2.14. The van der Waals surface area contributed by atoms with Crippen LogP contribution in [0, 0.1) is 17.0 Å². The molecule has 1 N–H and O–H groups in total. The molecule has 1 amide bonds. The third-order valence-electron chi connectivity index (χ3n) is 4.88. The summed E-state index contributed by atoms with van der Waals surface area (Å²) in [5.74, 6) is -0.0671. The van der Waals surface area contributed by atoms with Gasteiger partial charge in [0, 0.05) is 28.4 Å². The number of benzene rings is 3. The topological polar surface area (TPSA) is 90.1 Å². The van der Waals surface area contributed by atoms with Crippen molar-refractivity contribution in [1.29, 1.82) is 0 Å². The number of hydrogen-bond acceptors (Lipinski definition) is 5. The smallest absolute Gasteiger partial charge is 0.270 e. The second-order valence-corrected chi connectivity index (χ2v) is 8.58. The summed E-state index contributed by atoms with van der Waals surface area (Å²) in [5, 5.41) is 15.2. The summed E-state index contributed by atoms with van der Waals surface area (Å²) in [5.41, 5.74) is 3.87. The van der Waals surface area contributed by atoms with E-state index in [1.807, 2.05) is 35.8 Å². The van der Waals surface area contributed by atoms with Crippen molar-refractivity contribution in [1.82, 2.24) is 9.55 Å². The number of amides is 1. The van der Waals surface area contributed by atoms with Crippen LogP contribution in [-0.4, -0.2) is 26.1 Å². The van der Waals surface area contributed by atoms with Crippen LogP contribution in [-0.2, 0) is 4.79 Å². The second kappa shape index (κ2) is 9.89. The van der Waals surface area contributed by atoms with Gasteiger partial charge in [0.2, 0.25) is 5.91 Å². The van der Waals surface area contributed by atoms with Crippen molar-refractivity contribution >= 4 is 40.6 Å². The molecule has 3 aromatic carbocycles. The van der Waals surface area contributed by atoms with Crippen molar-refractivity contribution in [3.8, 4) is 16.9 Å². The summed E-state index contributed by atoms with van der Waals surface area (Å²) in [7, 11) is 0. The van der Waals surface area contributed by atoms with Gasteiger partial charge in [-0.2, -0.15) is 0 Å². The van der Waals surface area contributed by atoms with Crippen molar-refractivity contribution in [2.75, 3.05) is 11.1 Å². The third-order valence-corrected chi connectivity index (χ3v) is 6.07. The number of anilines is 1. The fraction of sp³-hybridized carbons (Fsp3) is 0.0833. The molecule has 1 heterocycles. The highest BCUT2D eigenvalue weighted by molar-refractivity contribution is 7.99. The molecule has 33 heavy (non-hydrogen) atoms. The molecule has 0 aliphatic heterocycles. The van der Waals surface area contributed by atoms with Crippen LogP contribution in [0.1, 0.15) is 5.56 Å². The first kappa shape index (κ1) is 22.6. The van der Waals surface area contributed by atoms with E-state index in [1.54, 1.807) is 42.6 Å². The van der Waals surface area contributed by atoms with Crippen LogP contribution in [0.25, 0.3) is 16.9 Å². The van der Waals surface area contributed by atoms with Crippen molar-refractivity contribution < 1.29 is 9.72 Å². The van der Waals surface area contributed by atoms with Crippen LogP contribution in [0.3, 0.4) is 0 Å². The van der Waals surface area contributed by atoms with E-state index in [2.05, 4.69) is 10.3 Å². The summed E-state index contributed by atoms with van der Waals surface area (Å²) >= 11 is 7.27. The van der Waals surface area contributed by atoms with E-state index in [9.17, 15) is 14.9 Å². The number of nitrogens with zero attached hydrogens (tertiary/aromatic N) is 3. The molecule has 0 aliphatic rings. The molecule has 4 aromatic rings. The van der Waals surface area contributed by atoms with Crippen LogP contribution in [0.2, 0.25) is 5.02 Å². The zero-order valence-electron chi connectivity index (χ0n) is 17.6. The summed E-state index contributed by atoms with van der Waals surface area (Å²) in [6.45, 7) is 1.98. The number of imidazole rings is 1. The summed E-state index contributed by atoms with van der Waals surface area (Å²) in [6.07, 6.45) is 1.67. The Kier molecular flexibility index (Phi) is 6.76. The monoisotopic (exact) mass is 478 g/mol. The fourth-order valence-corrected chi connectivity index (χ4v) is 4.34. The third kappa shape index (κ3) is 5.24. The Morgan fingerprint density at radius 3 is 2.67 bits per heavy atom. The van der Waals surface area contributed by atoms with Crippen molar-refractivity contribution in [2.24, 2.45) is 0 Å². The lowest BCUT2D eigenvalue weighted by atomic mass is 10.1. The zero-order chi connectivity index (χ0) is 23.4. The quantitative estimate of drug-likeness (QED) is 0.196. The minimum atomic E-state index is -0.423. The second-order valence-electron chi connectivity index (χ2n) is 7.20. The number of carbonyl (C=O) groups excluding carboxylic acids is 1. The highest BCUT2D eigenvalue weighted by Gasteiger charge is 2.18. The average molecular weight is 479 g/mol. The maximum Gasteiger partial charge on any atom is 0.270 e. The number of nitro benzene ring substituents is 1. The SMILES string of the molecule is Cc1ccccc1-n1c(-c2cccc([N+](=O)[O-])c2)cnc1SCC(=O)Nc1cccc(Cl)c1. The standard InChI is InChI=1S/C24H19ClN4O3S/c1-16-6-2-3-11-21(16)28-22(17-7-4-10-20(12-17)29(31)32)14-26-24(28)33-15-23(30)27-19-9-5-8-18(25)13-19/h2-14H,15H2,1H3,(H,27,30). The van der Waals surface area contributed by atoms with Gasteiger partial charge in [-0.15, -0.1) is 0 Å². The minimum absolute atomic E-state index is 0.000126. The molecule has 0 spiro atoms. The number of nitrogens with one attached hydrogen (secondary N) is 1. The minimum Gasteiger partial charge on any atom is -0.325 e. The van der Waals surface area contributed by atoms with Gasteiger partial charge >= 0.3 is 0 Å². The molecule has 0 radical (unpaired) electrons. The average Bonchev–Trinajstić information content (AvgIpc) is 3.22. The Balaban J connectivity index is 1.66. The van der Waals surface area contributed by atoms with Crippen LogP contribution in [0.5, 0.6) is 0 Å². The molecule has 0 unspecified atom stereocenters. The van der Waals surface area contributed by atoms with Crippen molar-refractivity contribution in [3.63, 3.8) is 0 Å². The van der Waals surface area contributed by atoms with Crippen molar-refractivity contribution in [2.45, 2.75) is 12.1 Å². The molecule has 4 rings (SSSR count). The van der Waals surface area contributed by atoms with Crippen LogP contribution >= 0.6 is 23.4 Å². The first-order valence-electron chi connectivity index (χ1n) is 9.99. The van der Waals surface area contributed by atoms with Crippen LogP contribution < -0.4 is 5.32 Å². The summed E-state index contributed by atoms with van der Waals surface area (Å²) < 4.78 is 1.92. The molecule has 1 aromatic heterocycles. The van der Waals surface area contributed by atoms with E-state index in [4.69, 9.17) is 11.6 Å². The first-order valence-corrected chi connectivity index (χ1v) is 11.4. The maximum atomic E-state index is 12.5. The van der Waals surface area contributed by atoms with Crippen LogP contribution in [0.4, 0.5) is 11.4 Å². The number of halogens is 1. The molecular formula is C24H19ClN4O3S. The number of nitro groups is 1. The summed E-state index contributed by atoms with van der Waals surface area (Å²) in [6, 6.07) is 21.2. The van der Waals surface area contributed by atoms with Gasteiger partial charge in [-0.1, -0.05) is 59.8 Å². The highest BCUT2D eigenvalue weighted by Crippen LogP contribution is 2.32. The van der Waals surface area contributed by atoms with E-state index in [-0.39, 0.29) is 17.3 Å². The van der Waals surface area contributed by atoms with Crippen molar-refractivity contribution in [3.05, 3.63) is 99.7 Å². The van der Waals surface area contributed by atoms with Gasteiger partial charge in [0.25, 0.3) is 5.69 Å². The molecule has 166 valence electrons. The van der Waals surface area contributed by atoms with Gasteiger partial charge < -0.3 is 5.32 Å². The molecule has 9 heteroatoms. The number of hydrogen-bond donors (Lipinski definition) is 1. The number of aryl methyl sites for hydroxylation is 1. The normalized spacial score (nSPS) is 10.7. The lowest BCUT2D eigenvalue weighted by Gasteiger charge is -2.14. The van der Waals surface area contributed by atoms with Gasteiger partial charge in [0.1, 0.15) is 0 Å². The Morgan fingerprint density at radius 2 is 1.91 bits per heavy atom. The number of carbonyl (C=O) groups is 1. The predicted molar refractivity (Wildman–Crippen MR) is 131 cm³/mol. The fourth-order valence-electron chi connectivity index (χ4n) is 3.36.